The SMILES string of the molecule is CC[N+](CC)(CCCCCC[N+](CC)(CC)C1c2ccccc2-c2ccccc21)C1c2ccccc2-c2ccccc21. The molecule has 2 heteroatoms. The van der Waals surface area contributed by atoms with E-state index in [4.69, 9.17) is 0 Å². The maximum atomic E-state index is 2.42. The van der Waals surface area contributed by atoms with Crippen LogP contribution in [0.15, 0.2) is 97.1 Å². The minimum absolute atomic E-state index is 0.458. The first-order valence-electron chi connectivity index (χ1n) is 16.7. The van der Waals surface area contributed by atoms with Gasteiger partial charge >= 0.3 is 0 Å². The highest BCUT2D eigenvalue weighted by Gasteiger charge is 2.44. The predicted octanol–water partition coefficient (Wildman–Crippen LogP) is 9.80. The van der Waals surface area contributed by atoms with Gasteiger partial charge in [0.05, 0.1) is 39.3 Å². The molecule has 0 fully saturated rings. The number of fused-ring (bicyclic) bond motifs is 6. The molecule has 0 saturated carbocycles. The van der Waals surface area contributed by atoms with Crippen molar-refractivity contribution in [3.63, 3.8) is 0 Å². The Morgan fingerprint density at radius 2 is 0.643 bits per heavy atom. The van der Waals surface area contributed by atoms with E-state index in [9.17, 15) is 0 Å². The van der Waals surface area contributed by atoms with Gasteiger partial charge in [-0.3, -0.25) is 0 Å². The van der Waals surface area contributed by atoms with Crippen LogP contribution in [0.4, 0.5) is 0 Å². The lowest BCUT2D eigenvalue weighted by atomic mass is 9.98. The summed E-state index contributed by atoms with van der Waals surface area (Å²) >= 11 is 0. The lowest BCUT2D eigenvalue weighted by molar-refractivity contribution is -0.949. The summed E-state index contributed by atoms with van der Waals surface area (Å²) in [6.45, 7) is 16.9. The fourth-order valence-corrected chi connectivity index (χ4v) is 8.71. The van der Waals surface area contributed by atoms with Gasteiger partial charge in [0.15, 0.2) is 0 Å². The van der Waals surface area contributed by atoms with E-state index in [1.807, 2.05) is 0 Å². The van der Waals surface area contributed by atoms with Crippen molar-refractivity contribution in [3.8, 4) is 22.3 Å². The minimum atomic E-state index is 0.458. The van der Waals surface area contributed by atoms with Crippen LogP contribution in [-0.4, -0.2) is 48.2 Å². The van der Waals surface area contributed by atoms with Gasteiger partial charge in [-0.25, -0.2) is 0 Å². The molecule has 0 bridgehead atoms. The van der Waals surface area contributed by atoms with E-state index in [-0.39, 0.29) is 0 Å². The molecule has 6 rings (SSSR count). The molecule has 0 spiro atoms. The van der Waals surface area contributed by atoms with Gasteiger partial charge in [-0.15, -0.1) is 0 Å². The second kappa shape index (κ2) is 12.2. The van der Waals surface area contributed by atoms with Crippen LogP contribution in [0.3, 0.4) is 0 Å². The quantitative estimate of drug-likeness (QED) is 0.113. The molecular formula is C40H50N2+2. The Labute approximate surface area is 254 Å². The molecule has 0 heterocycles. The Morgan fingerprint density at radius 1 is 0.381 bits per heavy atom. The Morgan fingerprint density at radius 3 is 0.905 bits per heavy atom. The van der Waals surface area contributed by atoms with Gasteiger partial charge < -0.3 is 8.97 Å². The van der Waals surface area contributed by atoms with Crippen molar-refractivity contribution in [2.45, 2.75) is 65.5 Å². The van der Waals surface area contributed by atoms with E-state index in [1.165, 1.54) is 109 Å². The average molecular weight is 559 g/mol. The number of rotatable bonds is 13. The Hall–Kier alpha value is -3.20. The van der Waals surface area contributed by atoms with Crippen LogP contribution in [0.25, 0.3) is 22.3 Å². The molecule has 2 aliphatic carbocycles. The third-order valence-corrected chi connectivity index (χ3v) is 11.2. The first-order valence-corrected chi connectivity index (χ1v) is 16.7. The zero-order valence-electron chi connectivity index (χ0n) is 26.4. The lowest BCUT2D eigenvalue weighted by Crippen LogP contribution is -2.51. The fourth-order valence-electron chi connectivity index (χ4n) is 8.71. The third-order valence-electron chi connectivity index (χ3n) is 11.2. The van der Waals surface area contributed by atoms with Crippen molar-refractivity contribution in [2.75, 3.05) is 39.3 Å². The lowest BCUT2D eigenvalue weighted by Gasteiger charge is -2.44. The molecule has 0 amide bonds. The zero-order valence-corrected chi connectivity index (χ0v) is 26.4. The number of unbranched alkanes of at least 4 members (excludes halogenated alkanes) is 3. The summed E-state index contributed by atoms with van der Waals surface area (Å²) < 4.78 is 2.32. The highest BCUT2D eigenvalue weighted by Crippen LogP contribution is 2.50. The highest BCUT2D eigenvalue weighted by molar-refractivity contribution is 5.79. The Kier molecular flexibility index (Phi) is 8.39. The van der Waals surface area contributed by atoms with Gasteiger partial charge in [0.25, 0.3) is 0 Å². The maximum Gasteiger partial charge on any atom is 0.142 e. The first kappa shape index (κ1) is 28.9. The Bertz CT molecular complexity index is 1300. The van der Waals surface area contributed by atoms with Gasteiger partial charge in [0.1, 0.15) is 12.1 Å². The van der Waals surface area contributed by atoms with Crippen molar-refractivity contribution in [1.29, 1.82) is 0 Å². The zero-order chi connectivity index (χ0) is 29.2. The van der Waals surface area contributed by atoms with Crippen LogP contribution in [0, 0.1) is 0 Å². The largest absolute Gasteiger partial charge is 0.314 e. The second-order valence-electron chi connectivity index (χ2n) is 12.7. The molecule has 0 N–H and O–H groups in total. The van der Waals surface area contributed by atoms with Crippen molar-refractivity contribution in [1.82, 2.24) is 0 Å². The number of quaternary nitrogens is 2. The fraction of sp³-hybridized carbons (Fsp3) is 0.400. The molecule has 0 aliphatic heterocycles. The molecule has 0 unspecified atom stereocenters. The summed E-state index contributed by atoms with van der Waals surface area (Å²) in [5.41, 5.74) is 11.9. The predicted molar refractivity (Wildman–Crippen MR) is 178 cm³/mol. The molecule has 4 aromatic rings. The summed E-state index contributed by atoms with van der Waals surface area (Å²) in [6.07, 6.45) is 5.24. The topological polar surface area (TPSA) is 0 Å². The van der Waals surface area contributed by atoms with Crippen molar-refractivity contribution in [2.24, 2.45) is 0 Å². The van der Waals surface area contributed by atoms with Gasteiger partial charge in [-0.1, -0.05) is 97.1 Å². The van der Waals surface area contributed by atoms with Crippen LogP contribution < -0.4 is 0 Å². The van der Waals surface area contributed by atoms with Crippen LogP contribution >= 0.6 is 0 Å². The second-order valence-corrected chi connectivity index (χ2v) is 12.7. The molecule has 0 aromatic heterocycles. The highest BCUT2D eigenvalue weighted by atomic mass is 15.4. The first-order chi connectivity index (χ1) is 20.6. The molecule has 0 saturated heterocycles. The summed E-state index contributed by atoms with van der Waals surface area (Å²) in [7, 11) is 0. The normalized spacial score (nSPS) is 14.5. The van der Waals surface area contributed by atoms with E-state index in [1.54, 1.807) is 0 Å². The molecule has 42 heavy (non-hydrogen) atoms. The van der Waals surface area contributed by atoms with E-state index in [2.05, 4.69) is 125 Å². The molecule has 4 aromatic carbocycles. The molecule has 218 valence electrons. The minimum Gasteiger partial charge on any atom is -0.314 e. The van der Waals surface area contributed by atoms with E-state index >= 15 is 0 Å². The summed E-state index contributed by atoms with van der Waals surface area (Å²) in [6, 6.07) is 37.6. The van der Waals surface area contributed by atoms with Crippen LogP contribution in [0.2, 0.25) is 0 Å². The van der Waals surface area contributed by atoms with Crippen LogP contribution in [-0.2, 0) is 0 Å². The van der Waals surface area contributed by atoms with E-state index in [0.717, 1.165) is 8.97 Å². The van der Waals surface area contributed by atoms with E-state index in [0.29, 0.717) is 12.1 Å². The van der Waals surface area contributed by atoms with Crippen LogP contribution in [0.5, 0.6) is 0 Å². The standard InChI is InChI=1S/C40H50N2/c1-5-41(6-2,39-35-25-15-11-21-31(35)32-22-12-16-26-36(32)39)29-19-9-10-20-30-42(7-3,8-4)40-37-27-17-13-23-33(37)34-24-14-18-28-38(34)40/h11-18,21-28,39-40H,5-10,19-20,29-30H2,1-4H3/q+2. The number of hydrogen-bond acceptors (Lipinski definition) is 0. The number of benzene rings is 4. The van der Waals surface area contributed by atoms with Gasteiger partial charge in [0, 0.05) is 22.3 Å². The number of nitrogens with zero attached hydrogens (tertiary/aromatic N) is 2. The summed E-state index contributed by atoms with van der Waals surface area (Å²) in [5.74, 6) is 0. The van der Waals surface area contributed by atoms with Crippen LogP contribution in [0.1, 0.15) is 87.7 Å². The van der Waals surface area contributed by atoms with Gasteiger partial charge in [-0.2, -0.15) is 0 Å². The number of hydrogen-bond donors (Lipinski definition) is 0. The van der Waals surface area contributed by atoms with Gasteiger partial charge in [-0.05, 0) is 75.6 Å². The average Bonchev–Trinajstić information content (AvgIpc) is 3.57. The van der Waals surface area contributed by atoms with Crippen molar-refractivity contribution < 1.29 is 8.97 Å². The molecular weight excluding hydrogens is 508 g/mol. The molecule has 0 atom stereocenters. The smallest absolute Gasteiger partial charge is 0.142 e. The van der Waals surface area contributed by atoms with E-state index < -0.39 is 0 Å². The molecule has 0 radical (unpaired) electrons. The van der Waals surface area contributed by atoms with Crippen molar-refractivity contribution >= 4 is 0 Å². The molecule has 2 aliphatic rings. The Balaban J connectivity index is 1.14. The summed E-state index contributed by atoms with van der Waals surface area (Å²) in [4.78, 5) is 0. The summed E-state index contributed by atoms with van der Waals surface area (Å²) in [5, 5.41) is 0. The van der Waals surface area contributed by atoms with Crippen molar-refractivity contribution in [3.05, 3.63) is 119 Å². The monoisotopic (exact) mass is 558 g/mol. The third kappa shape index (κ3) is 4.74. The maximum absolute atomic E-state index is 2.42. The molecule has 2 nitrogen and oxygen atoms in total. The van der Waals surface area contributed by atoms with Gasteiger partial charge in [0.2, 0.25) is 0 Å².